The van der Waals surface area contributed by atoms with Gasteiger partial charge in [0.1, 0.15) is 11.5 Å². The molecular formula is C40H51N3O4S2. The van der Waals surface area contributed by atoms with Crippen LogP contribution in [0, 0.1) is 0 Å². The summed E-state index contributed by atoms with van der Waals surface area (Å²) in [7, 11) is 0. The van der Waals surface area contributed by atoms with Gasteiger partial charge in [-0.25, -0.2) is 0 Å². The maximum Gasteiger partial charge on any atom is 0.196 e. The monoisotopic (exact) mass is 701 g/mol. The molecular weight excluding hydrogens is 651 g/mol. The number of benzene rings is 3. The molecule has 2 N–H and O–H groups in total. The Hall–Kier alpha value is -3.56. The van der Waals surface area contributed by atoms with E-state index in [-0.39, 0.29) is 56.2 Å². The van der Waals surface area contributed by atoms with E-state index in [2.05, 4.69) is 10.2 Å². The third-order valence-corrected chi connectivity index (χ3v) is 10.2. The van der Waals surface area contributed by atoms with E-state index in [9.17, 15) is 19.8 Å². The molecule has 0 radical (unpaired) electrons. The van der Waals surface area contributed by atoms with Crippen LogP contribution in [0.25, 0.3) is 5.69 Å². The van der Waals surface area contributed by atoms with Gasteiger partial charge in [0.05, 0.1) is 17.2 Å². The summed E-state index contributed by atoms with van der Waals surface area (Å²) in [6, 6.07) is 16.9. The Morgan fingerprint density at radius 2 is 0.878 bits per heavy atom. The van der Waals surface area contributed by atoms with Crippen LogP contribution >= 0.6 is 23.5 Å². The van der Waals surface area contributed by atoms with Crippen molar-refractivity contribution in [2.24, 2.45) is 0 Å². The first-order chi connectivity index (χ1) is 22.5. The third kappa shape index (κ3) is 8.79. The van der Waals surface area contributed by atoms with E-state index in [1.54, 1.807) is 0 Å². The summed E-state index contributed by atoms with van der Waals surface area (Å²) in [5, 5.41) is 32.3. The van der Waals surface area contributed by atoms with Gasteiger partial charge >= 0.3 is 0 Å². The molecule has 0 fully saturated rings. The van der Waals surface area contributed by atoms with Crippen molar-refractivity contribution in [1.82, 2.24) is 14.8 Å². The minimum atomic E-state index is -0.354. The van der Waals surface area contributed by atoms with Crippen LogP contribution in [0.1, 0.15) is 126 Å². The Labute approximate surface area is 300 Å². The van der Waals surface area contributed by atoms with Gasteiger partial charge in [0.15, 0.2) is 21.9 Å². The summed E-state index contributed by atoms with van der Waals surface area (Å²) in [4.78, 5) is 27.4. The minimum Gasteiger partial charge on any atom is -0.507 e. The van der Waals surface area contributed by atoms with Crippen LogP contribution < -0.4 is 0 Å². The Bertz CT molecular complexity index is 1670. The summed E-state index contributed by atoms with van der Waals surface area (Å²) in [5.74, 6) is 0.548. The van der Waals surface area contributed by atoms with Crippen molar-refractivity contribution in [2.75, 3.05) is 11.5 Å². The minimum absolute atomic E-state index is 0.0790. The lowest BCUT2D eigenvalue weighted by Crippen LogP contribution is -2.19. The smallest absolute Gasteiger partial charge is 0.196 e. The van der Waals surface area contributed by atoms with Gasteiger partial charge in [-0.1, -0.05) is 125 Å². The van der Waals surface area contributed by atoms with Gasteiger partial charge in [-0.05, 0) is 58.1 Å². The average Bonchev–Trinajstić information content (AvgIpc) is 3.39. The van der Waals surface area contributed by atoms with E-state index in [1.807, 2.05) is 142 Å². The lowest BCUT2D eigenvalue weighted by atomic mass is 9.78. The number of hydrogen-bond acceptors (Lipinski definition) is 8. The number of ketones is 2. The molecule has 0 atom stereocenters. The van der Waals surface area contributed by atoms with E-state index < -0.39 is 0 Å². The van der Waals surface area contributed by atoms with Crippen LogP contribution in [-0.4, -0.2) is 48.0 Å². The van der Waals surface area contributed by atoms with E-state index in [1.165, 1.54) is 23.5 Å². The van der Waals surface area contributed by atoms with Crippen molar-refractivity contribution in [3.8, 4) is 17.2 Å². The second kappa shape index (κ2) is 14.0. The molecule has 0 aliphatic rings. The molecule has 0 aliphatic carbocycles. The van der Waals surface area contributed by atoms with Crippen molar-refractivity contribution < 1.29 is 19.8 Å². The number of hydrogen-bond donors (Lipinski definition) is 2. The SMILES string of the molecule is CC(C)(C)c1cc(C(=O)CSc2nnc(SCC(=O)c3cc(C(C)(C)C)c(O)c(C(C)(C)C)c3)n2-c2ccccc2)cc(C(C)(C)C)c1O. The molecule has 3 aromatic carbocycles. The Kier molecular flexibility index (Phi) is 10.9. The largest absolute Gasteiger partial charge is 0.507 e. The highest BCUT2D eigenvalue weighted by Crippen LogP contribution is 2.42. The van der Waals surface area contributed by atoms with E-state index in [0.717, 1.165) is 27.9 Å². The predicted octanol–water partition coefficient (Wildman–Crippen LogP) is 9.82. The van der Waals surface area contributed by atoms with Crippen molar-refractivity contribution in [3.05, 3.63) is 88.0 Å². The predicted molar refractivity (Wildman–Crippen MR) is 202 cm³/mol. The van der Waals surface area contributed by atoms with Gasteiger partial charge in [0, 0.05) is 33.4 Å². The van der Waals surface area contributed by atoms with Crippen molar-refractivity contribution in [3.63, 3.8) is 0 Å². The first kappa shape index (κ1) is 38.2. The number of carbonyl (C=O) groups is 2. The third-order valence-electron chi connectivity index (χ3n) is 8.38. The number of thioether (sulfide) groups is 2. The number of para-hydroxylation sites is 1. The van der Waals surface area contributed by atoms with Crippen LogP contribution in [0.3, 0.4) is 0 Å². The molecule has 0 unspecified atom stereocenters. The first-order valence-electron chi connectivity index (χ1n) is 16.6. The molecule has 9 heteroatoms. The summed E-state index contributed by atoms with van der Waals surface area (Å²) < 4.78 is 1.88. The number of phenolic OH excluding ortho intramolecular Hbond substituents is 2. The van der Waals surface area contributed by atoms with E-state index in [4.69, 9.17) is 0 Å². The van der Waals surface area contributed by atoms with Crippen LogP contribution in [0.2, 0.25) is 0 Å². The molecule has 49 heavy (non-hydrogen) atoms. The van der Waals surface area contributed by atoms with Crippen molar-refractivity contribution in [1.29, 1.82) is 0 Å². The van der Waals surface area contributed by atoms with Crippen molar-refractivity contribution in [2.45, 2.75) is 115 Å². The fraction of sp³-hybridized carbons (Fsp3) is 0.450. The highest BCUT2D eigenvalue weighted by molar-refractivity contribution is 8.00. The highest BCUT2D eigenvalue weighted by Gasteiger charge is 2.30. The fourth-order valence-corrected chi connectivity index (χ4v) is 7.30. The highest BCUT2D eigenvalue weighted by atomic mass is 32.2. The van der Waals surface area contributed by atoms with Crippen LogP contribution in [0.5, 0.6) is 11.5 Å². The molecule has 262 valence electrons. The molecule has 0 saturated heterocycles. The molecule has 7 nitrogen and oxygen atoms in total. The first-order valence-corrected chi connectivity index (χ1v) is 18.6. The molecule has 4 rings (SSSR count). The number of nitrogens with zero attached hydrogens (tertiary/aromatic N) is 3. The number of phenols is 2. The Balaban J connectivity index is 1.64. The van der Waals surface area contributed by atoms with Crippen LogP contribution in [-0.2, 0) is 21.7 Å². The van der Waals surface area contributed by atoms with Gasteiger partial charge in [0.25, 0.3) is 0 Å². The van der Waals surface area contributed by atoms with E-state index in [0.29, 0.717) is 21.4 Å². The molecule has 4 aromatic rings. The zero-order valence-electron chi connectivity index (χ0n) is 31.0. The summed E-state index contributed by atoms with van der Waals surface area (Å²) >= 11 is 2.58. The number of aromatic hydroxyl groups is 2. The number of aromatic nitrogens is 3. The van der Waals surface area contributed by atoms with Gasteiger partial charge < -0.3 is 10.2 Å². The maximum atomic E-state index is 13.7. The second-order valence-corrected chi connectivity index (χ2v) is 18.6. The zero-order valence-corrected chi connectivity index (χ0v) is 32.6. The number of Topliss-reactive ketones (excluding diaryl/α,β-unsaturated/α-hetero) is 2. The van der Waals surface area contributed by atoms with Crippen molar-refractivity contribution >= 4 is 35.1 Å². The van der Waals surface area contributed by atoms with Crippen LogP contribution in [0.4, 0.5) is 0 Å². The van der Waals surface area contributed by atoms with Gasteiger partial charge in [0.2, 0.25) is 0 Å². The summed E-state index contributed by atoms with van der Waals surface area (Å²) in [5.41, 5.74) is 3.45. The molecule has 0 aliphatic heterocycles. The fourth-order valence-electron chi connectivity index (χ4n) is 5.55. The quantitative estimate of drug-likeness (QED) is 0.131. The lowest BCUT2D eigenvalue weighted by molar-refractivity contribution is 0.101. The summed E-state index contributed by atoms with van der Waals surface area (Å²) in [6.07, 6.45) is 0. The molecule has 0 bridgehead atoms. The number of rotatable bonds is 9. The second-order valence-electron chi connectivity index (χ2n) is 16.7. The molecule has 0 spiro atoms. The lowest BCUT2D eigenvalue weighted by Gasteiger charge is -2.28. The number of carbonyl (C=O) groups excluding carboxylic acids is 2. The normalized spacial score (nSPS) is 12.7. The molecule has 1 aromatic heterocycles. The Morgan fingerprint density at radius 3 is 1.16 bits per heavy atom. The van der Waals surface area contributed by atoms with Gasteiger partial charge in [-0.3, -0.25) is 14.2 Å². The molecule has 0 amide bonds. The topological polar surface area (TPSA) is 105 Å². The van der Waals surface area contributed by atoms with Crippen LogP contribution in [0.15, 0.2) is 64.9 Å². The Morgan fingerprint density at radius 1 is 0.571 bits per heavy atom. The zero-order chi connectivity index (χ0) is 36.7. The van der Waals surface area contributed by atoms with Gasteiger partial charge in [-0.15, -0.1) is 10.2 Å². The van der Waals surface area contributed by atoms with Gasteiger partial charge in [-0.2, -0.15) is 0 Å². The standard InChI is InChI=1S/C40H51N3O4S2/c1-37(2,3)27-18-24(19-28(33(27)46)38(4,5)6)31(44)22-48-35-41-42-36(43(35)26-16-14-13-15-17-26)49-23-32(45)25-20-29(39(7,8)9)34(47)30(21-25)40(10,11)12/h13-21,46-47H,22-23H2,1-12H3. The maximum absolute atomic E-state index is 13.7. The van der Waals surface area contributed by atoms with E-state index >= 15 is 0 Å². The average molecular weight is 702 g/mol. The summed E-state index contributed by atoms with van der Waals surface area (Å²) in [6.45, 7) is 24.3. The molecule has 0 saturated carbocycles. The molecule has 1 heterocycles.